The van der Waals surface area contributed by atoms with E-state index >= 15 is 0 Å². The zero-order valence-corrected chi connectivity index (χ0v) is 17.8. The molecule has 1 unspecified atom stereocenters. The molecule has 0 spiro atoms. The standard InChI is InChI=1S/C21H42O5/c1-6-10-11-12-13-14-15-20(5,19(22)23)21(24-16-7-2,25-17-8-3)26-18-9-4/h6-18H2,1-5H3,(H,22,23). The average Bonchev–Trinajstić information content (AvgIpc) is 2.63. The van der Waals surface area contributed by atoms with Crippen molar-refractivity contribution in [1.29, 1.82) is 0 Å². The van der Waals surface area contributed by atoms with Gasteiger partial charge in [0.05, 0.1) is 19.8 Å². The predicted molar refractivity (Wildman–Crippen MR) is 105 cm³/mol. The van der Waals surface area contributed by atoms with Crippen LogP contribution < -0.4 is 0 Å². The van der Waals surface area contributed by atoms with E-state index < -0.39 is 17.4 Å². The van der Waals surface area contributed by atoms with E-state index in [9.17, 15) is 9.90 Å². The van der Waals surface area contributed by atoms with E-state index in [2.05, 4.69) is 6.92 Å². The Morgan fingerprint density at radius 1 is 0.731 bits per heavy atom. The molecule has 0 heterocycles. The van der Waals surface area contributed by atoms with Gasteiger partial charge >= 0.3 is 5.97 Å². The second-order valence-electron chi connectivity index (χ2n) is 7.26. The molecule has 0 rings (SSSR count). The number of hydrogen-bond acceptors (Lipinski definition) is 4. The SMILES string of the molecule is CCCCCCCCC(C)(C(=O)O)C(OCCC)(OCCC)OCCC. The van der Waals surface area contributed by atoms with E-state index in [1.807, 2.05) is 20.8 Å². The quantitative estimate of drug-likeness (QED) is 0.244. The van der Waals surface area contributed by atoms with Gasteiger partial charge in [0.1, 0.15) is 5.41 Å². The van der Waals surface area contributed by atoms with Gasteiger partial charge in [-0.15, -0.1) is 0 Å². The highest BCUT2D eigenvalue weighted by molar-refractivity contribution is 5.75. The van der Waals surface area contributed by atoms with Gasteiger partial charge in [0.2, 0.25) is 0 Å². The lowest BCUT2D eigenvalue weighted by molar-refractivity contribution is -0.422. The van der Waals surface area contributed by atoms with Crippen molar-refractivity contribution in [2.75, 3.05) is 19.8 Å². The number of rotatable bonds is 18. The molecule has 0 aromatic heterocycles. The van der Waals surface area contributed by atoms with Crippen molar-refractivity contribution in [2.24, 2.45) is 5.41 Å². The van der Waals surface area contributed by atoms with E-state index in [1.165, 1.54) is 19.3 Å². The Morgan fingerprint density at radius 3 is 1.54 bits per heavy atom. The number of aliphatic carboxylic acids is 1. The minimum Gasteiger partial charge on any atom is -0.481 e. The topological polar surface area (TPSA) is 65.0 Å². The Balaban J connectivity index is 5.31. The number of carboxylic acid groups (broad SMARTS) is 1. The first-order valence-electron chi connectivity index (χ1n) is 10.6. The summed E-state index contributed by atoms with van der Waals surface area (Å²) in [6, 6.07) is 0. The van der Waals surface area contributed by atoms with E-state index in [-0.39, 0.29) is 0 Å². The minimum absolute atomic E-state index is 0.410. The fourth-order valence-corrected chi connectivity index (χ4v) is 2.96. The summed E-state index contributed by atoms with van der Waals surface area (Å²) in [4.78, 5) is 12.3. The van der Waals surface area contributed by atoms with Gasteiger partial charge in [-0.05, 0) is 32.6 Å². The van der Waals surface area contributed by atoms with Crippen LogP contribution in [0.4, 0.5) is 0 Å². The number of hydrogen-bond donors (Lipinski definition) is 1. The second-order valence-corrected chi connectivity index (χ2v) is 7.26. The van der Waals surface area contributed by atoms with Crippen LogP contribution in [0.3, 0.4) is 0 Å². The Bertz CT molecular complexity index is 337. The van der Waals surface area contributed by atoms with Crippen molar-refractivity contribution in [3.8, 4) is 0 Å². The molecular formula is C21H42O5. The average molecular weight is 375 g/mol. The third kappa shape index (κ3) is 7.93. The van der Waals surface area contributed by atoms with Crippen LogP contribution in [0.1, 0.15) is 98.8 Å². The first-order chi connectivity index (χ1) is 12.4. The predicted octanol–water partition coefficient (Wildman–Crippen LogP) is 5.76. The number of unbranched alkanes of at least 4 members (excludes halogenated alkanes) is 5. The lowest BCUT2D eigenvalue weighted by Gasteiger charge is -2.44. The van der Waals surface area contributed by atoms with Gasteiger partial charge in [0.15, 0.2) is 0 Å². The molecule has 26 heavy (non-hydrogen) atoms. The van der Waals surface area contributed by atoms with Crippen LogP contribution in [-0.4, -0.2) is 36.9 Å². The summed E-state index contributed by atoms with van der Waals surface area (Å²) in [5, 5.41) is 10.1. The molecule has 0 saturated carbocycles. The molecule has 0 amide bonds. The largest absolute Gasteiger partial charge is 0.481 e. The van der Waals surface area contributed by atoms with Crippen molar-refractivity contribution in [1.82, 2.24) is 0 Å². The molecule has 0 saturated heterocycles. The van der Waals surface area contributed by atoms with Crippen molar-refractivity contribution < 1.29 is 24.1 Å². The Labute approximate surface area is 160 Å². The number of ether oxygens (including phenoxy) is 3. The van der Waals surface area contributed by atoms with Crippen LogP contribution in [0.2, 0.25) is 0 Å². The van der Waals surface area contributed by atoms with Crippen molar-refractivity contribution in [3.05, 3.63) is 0 Å². The smallest absolute Gasteiger partial charge is 0.317 e. The highest BCUT2D eigenvalue weighted by atomic mass is 16.9. The number of carbonyl (C=O) groups is 1. The van der Waals surface area contributed by atoms with E-state index in [0.717, 1.165) is 38.5 Å². The molecule has 0 bridgehead atoms. The first kappa shape index (κ1) is 25.4. The number of carboxylic acids is 1. The summed E-state index contributed by atoms with van der Waals surface area (Å²) >= 11 is 0. The monoisotopic (exact) mass is 374 g/mol. The molecule has 5 nitrogen and oxygen atoms in total. The van der Waals surface area contributed by atoms with Gasteiger partial charge in [0.25, 0.3) is 5.97 Å². The summed E-state index contributed by atoms with van der Waals surface area (Å²) in [6.07, 6.45) is 9.44. The molecule has 0 aliphatic carbocycles. The summed E-state index contributed by atoms with van der Waals surface area (Å²) in [7, 11) is 0. The Hall–Kier alpha value is -0.650. The van der Waals surface area contributed by atoms with Gasteiger partial charge in [-0.3, -0.25) is 4.79 Å². The van der Waals surface area contributed by atoms with E-state index in [4.69, 9.17) is 14.2 Å². The molecule has 0 aliphatic heterocycles. The van der Waals surface area contributed by atoms with Crippen molar-refractivity contribution >= 4 is 5.97 Å². The maximum absolute atomic E-state index is 12.3. The fraction of sp³-hybridized carbons (Fsp3) is 0.952. The summed E-state index contributed by atoms with van der Waals surface area (Å²) in [5.41, 5.74) is -1.24. The first-order valence-corrected chi connectivity index (χ1v) is 10.6. The van der Waals surface area contributed by atoms with Crippen molar-refractivity contribution in [3.63, 3.8) is 0 Å². The van der Waals surface area contributed by atoms with Crippen LogP contribution in [-0.2, 0) is 19.0 Å². The third-order valence-electron chi connectivity index (χ3n) is 4.67. The molecular weight excluding hydrogens is 332 g/mol. The third-order valence-corrected chi connectivity index (χ3v) is 4.67. The molecule has 0 aromatic carbocycles. The minimum atomic E-state index is -1.52. The van der Waals surface area contributed by atoms with Crippen LogP contribution in [0.5, 0.6) is 0 Å². The molecule has 1 atom stereocenters. The molecule has 0 aliphatic rings. The van der Waals surface area contributed by atoms with E-state index in [1.54, 1.807) is 6.92 Å². The van der Waals surface area contributed by atoms with Gasteiger partial charge in [-0.25, -0.2) is 0 Å². The van der Waals surface area contributed by atoms with Crippen LogP contribution >= 0.6 is 0 Å². The summed E-state index contributed by atoms with van der Waals surface area (Å²) in [6.45, 7) is 11.1. The zero-order valence-electron chi connectivity index (χ0n) is 17.8. The van der Waals surface area contributed by atoms with Crippen LogP contribution in [0, 0.1) is 5.41 Å². The maximum Gasteiger partial charge on any atom is 0.317 e. The molecule has 5 heteroatoms. The molecule has 0 aromatic rings. The summed E-state index contributed by atoms with van der Waals surface area (Å²) in [5.74, 6) is -2.45. The highest BCUT2D eigenvalue weighted by Gasteiger charge is 2.57. The van der Waals surface area contributed by atoms with Crippen LogP contribution in [0.15, 0.2) is 0 Å². The molecule has 156 valence electrons. The van der Waals surface area contributed by atoms with Gasteiger partial charge < -0.3 is 19.3 Å². The Morgan fingerprint density at radius 2 is 1.15 bits per heavy atom. The van der Waals surface area contributed by atoms with Gasteiger partial charge in [-0.1, -0.05) is 66.2 Å². The second kappa shape index (κ2) is 14.4. The lowest BCUT2D eigenvalue weighted by Crippen LogP contribution is -2.57. The molecule has 0 radical (unpaired) electrons. The van der Waals surface area contributed by atoms with Crippen molar-refractivity contribution in [2.45, 2.75) is 105 Å². The fourth-order valence-electron chi connectivity index (χ4n) is 2.96. The van der Waals surface area contributed by atoms with Crippen LogP contribution in [0.25, 0.3) is 0 Å². The molecule has 0 fully saturated rings. The zero-order chi connectivity index (χ0) is 19.9. The lowest BCUT2D eigenvalue weighted by atomic mass is 9.81. The summed E-state index contributed by atoms with van der Waals surface area (Å²) < 4.78 is 17.9. The van der Waals surface area contributed by atoms with Gasteiger partial charge in [-0.2, -0.15) is 0 Å². The van der Waals surface area contributed by atoms with Gasteiger partial charge in [0, 0.05) is 0 Å². The maximum atomic E-state index is 12.3. The molecule has 1 N–H and O–H groups in total. The normalized spacial score (nSPS) is 14.3. The van der Waals surface area contributed by atoms with E-state index in [0.29, 0.717) is 26.2 Å². The Kier molecular flexibility index (Phi) is 14.1. The highest BCUT2D eigenvalue weighted by Crippen LogP contribution is 2.42.